The van der Waals surface area contributed by atoms with Crippen molar-refractivity contribution >= 4 is 23.0 Å². The highest BCUT2D eigenvalue weighted by Crippen LogP contribution is 2.59. The van der Waals surface area contributed by atoms with Crippen LogP contribution in [0.5, 0.6) is 5.88 Å². The van der Waals surface area contributed by atoms with Crippen LogP contribution in [0.15, 0.2) is 64.7 Å². The number of ether oxygens (including phenoxy) is 2. The molecule has 1 N–H and O–H groups in total. The van der Waals surface area contributed by atoms with Gasteiger partial charge in [0.05, 0.1) is 0 Å². The lowest BCUT2D eigenvalue weighted by molar-refractivity contribution is -0.140. The minimum atomic E-state index is -1.95. The van der Waals surface area contributed by atoms with Crippen LogP contribution in [0, 0.1) is 24.7 Å². The van der Waals surface area contributed by atoms with E-state index in [-0.39, 0.29) is 29.4 Å². The van der Waals surface area contributed by atoms with Gasteiger partial charge in [-0.2, -0.15) is 20.3 Å². The highest BCUT2D eigenvalue weighted by atomic mass is 16.5. The number of nitrogens with zero attached hydrogens (tertiary/aromatic N) is 2. The van der Waals surface area contributed by atoms with Crippen molar-refractivity contribution in [3.05, 3.63) is 99.7 Å². The molecule has 43 heavy (non-hydrogen) atoms. The van der Waals surface area contributed by atoms with Gasteiger partial charge in [-0.15, -0.1) is 0 Å². The van der Waals surface area contributed by atoms with Gasteiger partial charge >= 0.3 is 0 Å². The summed E-state index contributed by atoms with van der Waals surface area (Å²) in [5.74, 6) is -1.44. The summed E-state index contributed by atoms with van der Waals surface area (Å²) >= 11 is 0. The predicted molar refractivity (Wildman–Crippen MR) is 163 cm³/mol. The van der Waals surface area contributed by atoms with E-state index >= 15 is 0 Å². The highest BCUT2D eigenvalue weighted by molar-refractivity contribution is 6.27. The summed E-state index contributed by atoms with van der Waals surface area (Å²) in [6.07, 6.45) is 0.987. The van der Waals surface area contributed by atoms with Crippen LogP contribution >= 0.6 is 0 Å². The number of ketones is 2. The van der Waals surface area contributed by atoms with Crippen molar-refractivity contribution in [3.8, 4) is 5.88 Å². The van der Waals surface area contributed by atoms with Gasteiger partial charge in [-0.3, -0.25) is 9.59 Å². The van der Waals surface area contributed by atoms with E-state index < -0.39 is 34.9 Å². The average Bonchev–Trinajstić information content (AvgIpc) is 3.40. The van der Waals surface area contributed by atoms with Crippen molar-refractivity contribution in [3.63, 3.8) is 0 Å². The van der Waals surface area contributed by atoms with Crippen molar-refractivity contribution < 1.29 is 28.7 Å². The predicted octanol–water partition coefficient (Wildman–Crippen LogP) is 6.19. The third-order valence-electron chi connectivity index (χ3n) is 9.25. The smallest absolute Gasteiger partial charge is 0.265 e. The fraction of sp³-hybridized carbons (Fsp3) is 0.371. The van der Waals surface area contributed by atoms with Gasteiger partial charge in [-0.25, -0.2) is 0 Å². The number of carbonyl (C=O) groups is 2. The Morgan fingerprint density at radius 3 is 2.49 bits per heavy atom. The van der Waals surface area contributed by atoms with Gasteiger partial charge in [-0.05, 0) is 41.3 Å². The van der Waals surface area contributed by atoms with E-state index in [1.54, 1.807) is 0 Å². The summed E-state index contributed by atoms with van der Waals surface area (Å²) in [6, 6.07) is 13.5. The fourth-order valence-electron chi connectivity index (χ4n) is 7.38. The number of hydrogen-bond donors (Lipinski definition) is 1. The second-order valence-electron chi connectivity index (χ2n) is 12.3. The second-order valence-corrected chi connectivity index (χ2v) is 12.3. The summed E-state index contributed by atoms with van der Waals surface area (Å²) < 4.78 is 18.0. The fourth-order valence-corrected chi connectivity index (χ4v) is 7.38. The Morgan fingerprint density at radius 2 is 1.84 bits per heavy atom. The van der Waals surface area contributed by atoms with Crippen molar-refractivity contribution in [2.75, 3.05) is 26.1 Å². The third kappa shape index (κ3) is 4.18. The summed E-state index contributed by atoms with van der Waals surface area (Å²) in [7, 11) is 5.29. The maximum atomic E-state index is 14.8. The summed E-state index contributed by atoms with van der Waals surface area (Å²) in [5.41, 5.74) is 3.26. The van der Waals surface area contributed by atoms with Crippen LogP contribution in [0.25, 0.3) is 5.76 Å². The molecule has 1 saturated carbocycles. The first-order valence-corrected chi connectivity index (χ1v) is 14.5. The van der Waals surface area contributed by atoms with Crippen LogP contribution < -0.4 is 9.64 Å². The molecule has 0 aliphatic heterocycles. The molecule has 2 aromatic carbocycles. The van der Waals surface area contributed by atoms with Crippen LogP contribution in [0.4, 0.5) is 5.69 Å². The van der Waals surface area contributed by atoms with Gasteiger partial charge in [0.25, 0.3) is 5.88 Å². The first-order valence-electron chi connectivity index (χ1n) is 14.5. The van der Waals surface area contributed by atoms with Crippen LogP contribution in [0.3, 0.4) is 0 Å². The quantitative estimate of drug-likeness (QED) is 0.200. The van der Waals surface area contributed by atoms with Crippen molar-refractivity contribution in [2.24, 2.45) is 11.8 Å². The number of aliphatic hydroxyl groups excluding tert-OH is 1. The second kappa shape index (κ2) is 10.5. The lowest BCUT2D eigenvalue weighted by Crippen LogP contribution is -2.63. The zero-order valence-corrected chi connectivity index (χ0v) is 25.5. The Morgan fingerprint density at radius 1 is 1.12 bits per heavy atom. The van der Waals surface area contributed by atoms with E-state index in [1.165, 1.54) is 7.11 Å². The van der Waals surface area contributed by atoms with Gasteiger partial charge in [0.15, 0.2) is 5.76 Å². The number of Topliss-reactive ketones (excluding diaryl/α,β-unsaturated/α-hetero) is 2. The number of aromatic nitrogens is 1. The van der Waals surface area contributed by atoms with E-state index in [0.717, 1.165) is 28.3 Å². The molecule has 4 unspecified atom stereocenters. The molecule has 1 fully saturated rings. The molecule has 224 valence electrons. The number of hydrogen-bond acceptors (Lipinski definition) is 8. The van der Waals surface area contributed by atoms with Crippen molar-refractivity contribution in [1.29, 1.82) is 0 Å². The lowest BCUT2D eigenvalue weighted by Gasteiger charge is -2.52. The molecular weight excluding hydrogens is 544 g/mol. The van der Waals surface area contributed by atoms with Crippen LogP contribution in [-0.2, 0) is 22.6 Å². The maximum Gasteiger partial charge on any atom is 0.265 e. The monoisotopic (exact) mass is 581 g/mol. The normalized spacial score (nSPS) is 24.4. The third-order valence-corrected chi connectivity index (χ3v) is 9.25. The molecule has 0 amide bonds. The molecular formula is C35H37N2O6-. The number of aliphatic hydroxyl groups is 1. The lowest BCUT2D eigenvalue weighted by atomic mass is 9.53. The minimum Gasteiger partial charge on any atom is -0.507 e. The van der Waals surface area contributed by atoms with E-state index in [1.807, 2.05) is 82.2 Å². The number of fused-ring (bicyclic) bond motifs is 4. The minimum absolute atomic E-state index is 0.0247. The van der Waals surface area contributed by atoms with Gasteiger partial charge < -0.3 is 29.9 Å². The Balaban J connectivity index is 1.53. The molecule has 0 saturated heterocycles. The Bertz CT molecular complexity index is 1670. The molecule has 1 aromatic heterocycles. The SMILES string of the molecule is C=C1C2Cc3c(N(C)C)ccc(C)c3C(O)=C2C(=O)C2(OC)C(=O)c3c(OCc4ccccc4)noc3C(C[C-](C)C)C12. The zero-order valence-electron chi connectivity index (χ0n) is 25.5. The number of benzene rings is 2. The number of anilines is 1. The number of aryl methyl sites for hydroxylation is 1. The molecule has 0 bridgehead atoms. The molecule has 3 aliphatic rings. The number of carbonyl (C=O) groups excluding carboxylic acids is 2. The van der Waals surface area contributed by atoms with Gasteiger partial charge in [0.1, 0.15) is 17.9 Å². The highest BCUT2D eigenvalue weighted by Gasteiger charge is 2.67. The van der Waals surface area contributed by atoms with E-state index in [2.05, 4.69) is 11.7 Å². The van der Waals surface area contributed by atoms with E-state index in [4.69, 9.17) is 14.0 Å². The van der Waals surface area contributed by atoms with Crippen molar-refractivity contribution in [2.45, 2.75) is 51.7 Å². The summed E-state index contributed by atoms with van der Waals surface area (Å²) in [4.78, 5) is 31.4. The van der Waals surface area contributed by atoms with Crippen LogP contribution in [-0.4, -0.2) is 48.6 Å². The topological polar surface area (TPSA) is 102 Å². The zero-order chi connectivity index (χ0) is 30.8. The van der Waals surface area contributed by atoms with E-state index in [9.17, 15) is 14.7 Å². The number of methoxy groups -OCH3 is 1. The maximum absolute atomic E-state index is 14.8. The van der Waals surface area contributed by atoms with Gasteiger partial charge in [-0.1, -0.05) is 48.6 Å². The van der Waals surface area contributed by atoms with Crippen LogP contribution in [0.2, 0.25) is 0 Å². The first-order chi connectivity index (χ1) is 20.5. The van der Waals surface area contributed by atoms with Crippen molar-refractivity contribution in [1.82, 2.24) is 5.16 Å². The standard InChI is InChI=1S/C35H37N2O6/c1-18(2)15-24-29-20(4)22-16-23-25(37(5)6)14-13-19(3)26(23)30(38)27(22)32(39)35(29,41-7)33(40)28-31(24)43-36-34(28)42-17-21-11-9-8-10-12-21/h8-14,22,24,29,38H,4,15-17H2,1-3,5-7H3/q-1. The molecule has 0 spiro atoms. The molecule has 4 atom stereocenters. The average molecular weight is 582 g/mol. The van der Waals surface area contributed by atoms with E-state index in [0.29, 0.717) is 29.7 Å². The molecule has 3 aromatic rings. The Kier molecular flexibility index (Phi) is 7.08. The van der Waals surface area contributed by atoms with Gasteiger partial charge in [0.2, 0.25) is 17.2 Å². The Hall–Kier alpha value is -4.17. The molecule has 8 heteroatoms. The summed E-state index contributed by atoms with van der Waals surface area (Å²) in [6.45, 7) is 10.6. The molecule has 8 nitrogen and oxygen atoms in total. The Labute approximate surface area is 252 Å². The molecule has 6 rings (SSSR count). The molecule has 0 radical (unpaired) electrons. The molecule has 3 aliphatic carbocycles. The first kappa shape index (κ1) is 28.9. The van der Waals surface area contributed by atoms with Crippen LogP contribution in [0.1, 0.15) is 64.6 Å². The summed E-state index contributed by atoms with van der Waals surface area (Å²) in [5, 5.41) is 16.0. The van der Waals surface area contributed by atoms with Gasteiger partial charge in [0, 0.05) is 55.8 Å². The molecule has 1 heterocycles. The largest absolute Gasteiger partial charge is 0.507 e. The number of rotatable bonds is 7.